The smallest absolute Gasteiger partial charge is 0.223 e. The number of fused-ring (bicyclic) bond motifs is 1. The Balaban J connectivity index is 2.72. The molecule has 0 amide bonds. The number of carbonyl (C=O) groups excluding carboxylic acids is 1. The average molecular weight is 245 g/mol. The number of hydrogen-bond acceptors (Lipinski definition) is 4. The van der Waals surface area contributed by atoms with Crippen molar-refractivity contribution < 1.29 is 14.3 Å². The second kappa shape index (κ2) is 3.98. The molecular formula is C14H15NO3. The number of ketones is 1. The molecule has 0 aliphatic carbocycles. The van der Waals surface area contributed by atoms with E-state index in [0.29, 0.717) is 5.39 Å². The summed E-state index contributed by atoms with van der Waals surface area (Å²) >= 11 is 0. The van der Waals surface area contributed by atoms with E-state index >= 15 is 0 Å². The summed E-state index contributed by atoms with van der Waals surface area (Å²) in [5.74, 6) is -0.183. The number of Topliss-reactive ketones (excluding diaryl/α,β-unsaturated/α-hetero) is 1. The predicted molar refractivity (Wildman–Crippen MR) is 67.5 cm³/mol. The summed E-state index contributed by atoms with van der Waals surface area (Å²) < 4.78 is 5.24. The van der Waals surface area contributed by atoms with Crippen molar-refractivity contribution >= 4 is 16.8 Å². The molecule has 0 aliphatic heterocycles. The first-order valence-corrected chi connectivity index (χ1v) is 5.66. The minimum atomic E-state index is -0.574. The van der Waals surface area contributed by atoms with Gasteiger partial charge in [0.1, 0.15) is 0 Å². The van der Waals surface area contributed by atoms with Crippen molar-refractivity contribution in [3.8, 4) is 5.75 Å². The Kier molecular flexibility index (Phi) is 2.73. The number of para-hydroxylation sites is 1. The zero-order valence-corrected chi connectivity index (χ0v) is 10.6. The van der Waals surface area contributed by atoms with E-state index in [1.807, 2.05) is 0 Å². The van der Waals surface area contributed by atoms with Gasteiger partial charge in [-0.1, -0.05) is 32.9 Å². The van der Waals surface area contributed by atoms with Gasteiger partial charge in [0.2, 0.25) is 5.55 Å². The van der Waals surface area contributed by atoms with Gasteiger partial charge in [-0.25, -0.2) is 0 Å². The fourth-order valence-corrected chi connectivity index (χ4v) is 1.72. The van der Waals surface area contributed by atoms with E-state index in [2.05, 4.69) is 0 Å². The molecule has 0 aliphatic rings. The maximum absolute atomic E-state index is 12.2. The van der Waals surface area contributed by atoms with E-state index in [0.717, 1.165) is 0 Å². The van der Waals surface area contributed by atoms with Crippen molar-refractivity contribution in [2.45, 2.75) is 20.8 Å². The van der Waals surface area contributed by atoms with Crippen LogP contribution in [0.15, 0.2) is 28.7 Å². The van der Waals surface area contributed by atoms with Gasteiger partial charge in [-0.3, -0.25) is 10.2 Å². The molecule has 94 valence electrons. The summed E-state index contributed by atoms with van der Waals surface area (Å²) in [4.78, 5) is 12.2. The lowest BCUT2D eigenvalue weighted by Crippen LogP contribution is -2.26. The van der Waals surface area contributed by atoms with Gasteiger partial charge in [0.05, 0.1) is 5.56 Å². The molecule has 0 bridgehead atoms. The zero-order valence-electron chi connectivity index (χ0n) is 10.6. The summed E-state index contributed by atoms with van der Waals surface area (Å²) in [6.07, 6.45) is 0. The molecule has 0 radical (unpaired) electrons. The van der Waals surface area contributed by atoms with E-state index < -0.39 is 5.41 Å². The number of aromatic hydroxyl groups is 1. The quantitative estimate of drug-likeness (QED) is 0.758. The normalized spacial score (nSPS) is 11.7. The molecule has 1 aromatic carbocycles. The number of phenolic OH excluding ortho intramolecular Hbond substituents is 1. The Hall–Kier alpha value is -2.10. The molecule has 18 heavy (non-hydrogen) atoms. The lowest BCUT2D eigenvalue weighted by Gasteiger charge is -2.16. The molecule has 2 aromatic rings. The van der Waals surface area contributed by atoms with Crippen molar-refractivity contribution in [2.24, 2.45) is 5.41 Å². The van der Waals surface area contributed by atoms with Gasteiger partial charge >= 0.3 is 0 Å². The van der Waals surface area contributed by atoms with E-state index in [4.69, 9.17) is 9.83 Å². The van der Waals surface area contributed by atoms with E-state index in [9.17, 15) is 9.90 Å². The highest BCUT2D eigenvalue weighted by molar-refractivity contribution is 6.01. The molecule has 1 aromatic heterocycles. The molecule has 0 unspecified atom stereocenters. The third kappa shape index (κ3) is 2.01. The summed E-state index contributed by atoms with van der Waals surface area (Å²) in [5.41, 5.74) is -0.326. The molecule has 0 fully saturated rings. The van der Waals surface area contributed by atoms with Crippen LogP contribution < -0.4 is 5.55 Å². The van der Waals surface area contributed by atoms with Gasteiger partial charge in [0.25, 0.3) is 0 Å². The summed E-state index contributed by atoms with van der Waals surface area (Å²) in [6.45, 7) is 5.38. The van der Waals surface area contributed by atoms with Crippen molar-refractivity contribution in [2.75, 3.05) is 0 Å². The molecule has 0 spiro atoms. The van der Waals surface area contributed by atoms with E-state index in [-0.39, 0.29) is 28.2 Å². The van der Waals surface area contributed by atoms with Crippen LogP contribution in [-0.4, -0.2) is 10.9 Å². The van der Waals surface area contributed by atoms with Crippen LogP contribution in [0.1, 0.15) is 31.1 Å². The average Bonchev–Trinajstić information content (AvgIpc) is 2.27. The van der Waals surface area contributed by atoms with Crippen LogP contribution in [0.3, 0.4) is 0 Å². The van der Waals surface area contributed by atoms with E-state index in [1.165, 1.54) is 6.07 Å². The van der Waals surface area contributed by atoms with Gasteiger partial charge in [-0.05, 0) is 12.1 Å². The fraction of sp³-hybridized carbons (Fsp3) is 0.286. The highest BCUT2D eigenvalue weighted by Gasteiger charge is 2.25. The second-order valence-electron chi connectivity index (χ2n) is 5.26. The topological polar surface area (TPSA) is 74.3 Å². The van der Waals surface area contributed by atoms with Crippen LogP contribution in [0.4, 0.5) is 0 Å². The number of rotatable bonds is 1. The number of carbonyl (C=O) groups is 1. The van der Waals surface area contributed by atoms with Crippen LogP contribution >= 0.6 is 0 Å². The molecule has 0 saturated heterocycles. The molecule has 0 atom stereocenters. The van der Waals surface area contributed by atoms with Gasteiger partial charge in [-0.15, -0.1) is 0 Å². The first kappa shape index (κ1) is 12.4. The third-order valence-electron chi connectivity index (χ3n) is 2.70. The summed E-state index contributed by atoms with van der Waals surface area (Å²) in [6, 6.07) is 6.48. The molecule has 0 saturated carbocycles. The maximum atomic E-state index is 12.2. The van der Waals surface area contributed by atoms with Gasteiger partial charge in [0, 0.05) is 10.8 Å². The lowest BCUT2D eigenvalue weighted by atomic mass is 9.87. The minimum absolute atomic E-state index is 0.0317. The predicted octanol–water partition coefficient (Wildman–Crippen LogP) is 2.85. The number of hydrogen-bond donors (Lipinski definition) is 2. The second-order valence-corrected chi connectivity index (χ2v) is 5.26. The highest BCUT2D eigenvalue weighted by Crippen LogP contribution is 2.25. The van der Waals surface area contributed by atoms with Crippen LogP contribution in [0.5, 0.6) is 5.75 Å². The minimum Gasteiger partial charge on any atom is -0.504 e. The number of benzene rings is 1. The molecule has 1 heterocycles. The zero-order chi connectivity index (χ0) is 13.5. The van der Waals surface area contributed by atoms with Crippen molar-refractivity contribution in [1.29, 1.82) is 5.41 Å². The lowest BCUT2D eigenvalue weighted by molar-refractivity contribution is 0.0853. The van der Waals surface area contributed by atoms with Gasteiger partial charge in [-0.2, -0.15) is 0 Å². The van der Waals surface area contributed by atoms with Crippen LogP contribution in [0.2, 0.25) is 0 Å². The third-order valence-corrected chi connectivity index (χ3v) is 2.70. The van der Waals surface area contributed by atoms with Crippen molar-refractivity contribution in [3.05, 3.63) is 35.4 Å². The highest BCUT2D eigenvalue weighted by atomic mass is 16.4. The number of nitrogens with one attached hydrogen (secondary N) is 1. The van der Waals surface area contributed by atoms with Gasteiger partial charge < -0.3 is 9.52 Å². The van der Waals surface area contributed by atoms with Gasteiger partial charge in [0.15, 0.2) is 17.1 Å². The molecular weight excluding hydrogens is 230 g/mol. The van der Waals surface area contributed by atoms with Crippen LogP contribution in [-0.2, 0) is 0 Å². The Morgan fingerprint density at radius 3 is 2.61 bits per heavy atom. The summed E-state index contributed by atoms with van der Waals surface area (Å²) in [7, 11) is 0. The van der Waals surface area contributed by atoms with Crippen molar-refractivity contribution in [3.63, 3.8) is 0 Å². The maximum Gasteiger partial charge on any atom is 0.223 e. The summed E-state index contributed by atoms with van der Waals surface area (Å²) in [5, 5.41) is 18.0. The van der Waals surface area contributed by atoms with Crippen LogP contribution in [0.25, 0.3) is 11.0 Å². The van der Waals surface area contributed by atoms with E-state index in [1.54, 1.807) is 39.0 Å². The number of phenols is 1. The monoisotopic (exact) mass is 245 g/mol. The van der Waals surface area contributed by atoms with Crippen molar-refractivity contribution in [1.82, 2.24) is 0 Å². The standard InChI is InChI=1S/C14H15NO3/c1-14(2,3)12(17)9-7-8-5-4-6-10(16)11(8)18-13(9)15/h4-7,15-16H,1-3H3. The molecule has 4 heteroatoms. The Morgan fingerprint density at radius 2 is 2.00 bits per heavy atom. The fourth-order valence-electron chi connectivity index (χ4n) is 1.72. The Morgan fingerprint density at radius 1 is 1.33 bits per heavy atom. The first-order valence-electron chi connectivity index (χ1n) is 5.66. The Bertz CT molecular complexity index is 677. The van der Waals surface area contributed by atoms with Crippen LogP contribution in [0, 0.1) is 10.8 Å². The molecule has 4 nitrogen and oxygen atoms in total. The first-order chi connectivity index (χ1) is 8.30. The Labute approximate surface area is 104 Å². The molecule has 2 rings (SSSR count). The SMILES string of the molecule is CC(C)(C)C(=O)c1cc2cccc(O)c2oc1=N. The molecule has 2 N–H and O–H groups in total. The largest absolute Gasteiger partial charge is 0.504 e.